The highest BCUT2D eigenvalue weighted by Crippen LogP contribution is 2.21. The molecule has 0 spiro atoms. The van der Waals surface area contributed by atoms with Gasteiger partial charge in [0.25, 0.3) is 0 Å². The molecule has 2 N–H and O–H groups in total. The van der Waals surface area contributed by atoms with Crippen molar-refractivity contribution in [1.82, 2.24) is 5.32 Å². The molecule has 1 aromatic rings. The molecule has 0 fully saturated rings. The Morgan fingerprint density at radius 3 is 2.76 bits per heavy atom. The summed E-state index contributed by atoms with van der Waals surface area (Å²) >= 11 is 5.85. The number of rotatable bonds is 6. The second-order valence-electron chi connectivity index (χ2n) is 4.95. The number of nitrogens with one attached hydrogen (secondary N) is 1. The van der Waals surface area contributed by atoms with E-state index in [2.05, 4.69) is 19.2 Å². The van der Waals surface area contributed by atoms with E-state index < -0.39 is 0 Å². The van der Waals surface area contributed by atoms with Gasteiger partial charge in [0.05, 0.1) is 5.02 Å². The molecular weight excluding hydrogens is 241 g/mol. The average Bonchev–Trinajstić information content (AvgIpc) is 2.24. The largest absolute Gasteiger partial charge is 0.396 e. The van der Waals surface area contributed by atoms with Crippen molar-refractivity contribution in [3.05, 3.63) is 34.6 Å². The van der Waals surface area contributed by atoms with Crippen LogP contribution in [0.25, 0.3) is 0 Å². The molecule has 0 bridgehead atoms. The Kier molecular flexibility index (Phi) is 5.37. The summed E-state index contributed by atoms with van der Waals surface area (Å²) in [6, 6.07) is 4.80. The minimum Gasteiger partial charge on any atom is -0.396 e. The smallest absolute Gasteiger partial charge is 0.142 e. The van der Waals surface area contributed by atoms with Gasteiger partial charge in [-0.1, -0.05) is 37.6 Å². The Balaban J connectivity index is 2.49. The number of aliphatic hydroxyl groups is 1. The highest BCUT2D eigenvalue weighted by atomic mass is 35.5. The first-order valence-electron chi connectivity index (χ1n) is 5.71. The predicted octanol–water partition coefficient (Wildman–Crippen LogP) is 2.98. The first kappa shape index (κ1) is 14.4. The van der Waals surface area contributed by atoms with Crippen LogP contribution in [0.5, 0.6) is 0 Å². The zero-order valence-electron chi connectivity index (χ0n) is 10.3. The van der Waals surface area contributed by atoms with E-state index in [4.69, 9.17) is 16.7 Å². The Morgan fingerprint density at radius 1 is 1.41 bits per heavy atom. The molecule has 0 aliphatic rings. The molecular formula is C13H19ClFNO. The third-order valence-corrected chi connectivity index (χ3v) is 3.16. The lowest BCUT2D eigenvalue weighted by Crippen LogP contribution is -2.30. The van der Waals surface area contributed by atoms with Gasteiger partial charge < -0.3 is 10.4 Å². The van der Waals surface area contributed by atoms with Crippen LogP contribution in [-0.2, 0) is 6.54 Å². The van der Waals surface area contributed by atoms with E-state index in [9.17, 15) is 4.39 Å². The molecule has 0 saturated carbocycles. The molecule has 0 unspecified atom stereocenters. The first-order valence-corrected chi connectivity index (χ1v) is 6.08. The van der Waals surface area contributed by atoms with E-state index in [1.807, 2.05) is 0 Å². The molecule has 0 atom stereocenters. The van der Waals surface area contributed by atoms with Crippen LogP contribution in [0.3, 0.4) is 0 Å². The van der Waals surface area contributed by atoms with E-state index in [1.54, 1.807) is 12.1 Å². The molecule has 4 heteroatoms. The van der Waals surface area contributed by atoms with Crippen LogP contribution >= 0.6 is 11.6 Å². The van der Waals surface area contributed by atoms with Gasteiger partial charge in [-0.05, 0) is 23.5 Å². The molecule has 1 aromatic carbocycles. The van der Waals surface area contributed by atoms with Gasteiger partial charge in [-0.15, -0.1) is 0 Å². The molecule has 0 aliphatic heterocycles. The van der Waals surface area contributed by atoms with Crippen LogP contribution < -0.4 is 5.32 Å². The van der Waals surface area contributed by atoms with Crippen LogP contribution in [-0.4, -0.2) is 18.3 Å². The van der Waals surface area contributed by atoms with Crippen molar-refractivity contribution < 1.29 is 9.50 Å². The van der Waals surface area contributed by atoms with Crippen molar-refractivity contribution in [1.29, 1.82) is 0 Å². The van der Waals surface area contributed by atoms with Crippen molar-refractivity contribution in [2.24, 2.45) is 5.41 Å². The Hall–Kier alpha value is -0.640. The molecule has 17 heavy (non-hydrogen) atoms. The van der Waals surface area contributed by atoms with E-state index >= 15 is 0 Å². The van der Waals surface area contributed by atoms with E-state index in [-0.39, 0.29) is 22.9 Å². The summed E-state index contributed by atoms with van der Waals surface area (Å²) in [5, 5.41) is 12.3. The quantitative estimate of drug-likeness (QED) is 0.823. The normalized spacial score (nSPS) is 11.8. The number of halogens is 2. The van der Waals surface area contributed by atoms with Gasteiger partial charge >= 0.3 is 0 Å². The maximum absolute atomic E-state index is 13.2. The maximum atomic E-state index is 13.2. The Labute approximate surface area is 107 Å². The third kappa shape index (κ3) is 4.62. The lowest BCUT2D eigenvalue weighted by Gasteiger charge is -2.24. The van der Waals surface area contributed by atoms with Crippen molar-refractivity contribution in [3.8, 4) is 0 Å². The molecule has 0 amide bonds. The van der Waals surface area contributed by atoms with Crippen LogP contribution in [0, 0.1) is 11.2 Å². The average molecular weight is 260 g/mol. The summed E-state index contributed by atoms with van der Waals surface area (Å²) in [5.41, 5.74) is 0.778. The lowest BCUT2D eigenvalue weighted by atomic mass is 9.90. The lowest BCUT2D eigenvalue weighted by molar-refractivity contribution is 0.207. The fourth-order valence-corrected chi connectivity index (χ4v) is 1.80. The monoisotopic (exact) mass is 259 g/mol. The highest BCUT2D eigenvalue weighted by Gasteiger charge is 2.16. The fraction of sp³-hybridized carbons (Fsp3) is 0.538. The Morgan fingerprint density at radius 2 is 2.12 bits per heavy atom. The van der Waals surface area contributed by atoms with Crippen molar-refractivity contribution in [3.63, 3.8) is 0 Å². The summed E-state index contributed by atoms with van der Waals surface area (Å²) in [4.78, 5) is 0. The van der Waals surface area contributed by atoms with Gasteiger partial charge in [-0.2, -0.15) is 0 Å². The second kappa shape index (κ2) is 6.34. The standard InChI is InChI=1S/C13H19ClFNO/c1-13(2,6-7-17)9-16-8-10-4-3-5-11(15)12(10)14/h3-5,16-17H,6-9H2,1-2H3. The molecule has 1 rings (SSSR count). The zero-order chi connectivity index (χ0) is 12.9. The molecule has 96 valence electrons. The van der Waals surface area contributed by atoms with Gasteiger partial charge in [0.15, 0.2) is 0 Å². The summed E-state index contributed by atoms with van der Waals surface area (Å²) in [6.07, 6.45) is 0.733. The fourth-order valence-electron chi connectivity index (χ4n) is 1.61. The molecule has 0 aliphatic carbocycles. The Bertz CT molecular complexity index is 368. The summed E-state index contributed by atoms with van der Waals surface area (Å²) < 4.78 is 13.2. The van der Waals surface area contributed by atoms with Gasteiger partial charge in [0.1, 0.15) is 5.82 Å². The van der Waals surface area contributed by atoms with Crippen molar-refractivity contribution >= 4 is 11.6 Å². The number of hydrogen-bond donors (Lipinski definition) is 2. The van der Waals surface area contributed by atoms with E-state index in [0.717, 1.165) is 18.5 Å². The molecule has 0 saturated heterocycles. The number of benzene rings is 1. The highest BCUT2D eigenvalue weighted by molar-refractivity contribution is 6.31. The second-order valence-corrected chi connectivity index (χ2v) is 5.33. The summed E-state index contributed by atoms with van der Waals surface area (Å²) in [6.45, 7) is 5.61. The van der Waals surface area contributed by atoms with Crippen molar-refractivity contribution in [2.75, 3.05) is 13.2 Å². The van der Waals surface area contributed by atoms with Gasteiger partial charge in [0.2, 0.25) is 0 Å². The first-order chi connectivity index (χ1) is 7.96. The molecule has 0 radical (unpaired) electrons. The van der Waals surface area contributed by atoms with E-state index in [1.165, 1.54) is 6.07 Å². The van der Waals surface area contributed by atoms with Gasteiger partial charge in [0, 0.05) is 19.7 Å². The van der Waals surface area contributed by atoms with Crippen LogP contribution in [0.4, 0.5) is 4.39 Å². The summed E-state index contributed by atoms with van der Waals surface area (Å²) in [7, 11) is 0. The topological polar surface area (TPSA) is 32.3 Å². The SMILES string of the molecule is CC(C)(CCO)CNCc1cccc(F)c1Cl. The predicted molar refractivity (Wildman–Crippen MR) is 68.6 cm³/mol. The molecule has 0 aromatic heterocycles. The van der Waals surface area contributed by atoms with Gasteiger partial charge in [-0.3, -0.25) is 0 Å². The van der Waals surface area contributed by atoms with Crippen LogP contribution in [0.1, 0.15) is 25.8 Å². The zero-order valence-corrected chi connectivity index (χ0v) is 11.0. The van der Waals surface area contributed by atoms with Gasteiger partial charge in [-0.25, -0.2) is 4.39 Å². The van der Waals surface area contributed by atoms with E-state index in [0.29, 0.717) is 6.54 Å². The third-order valence-electron chi connectivity index (χ3n) is 2.74. The number of hydrogen-bond acceptors (Lipinski definition) is 2. The summed E-state index contributed by atoms with van der Waals surface area (Å²) in [5.74, 6) is -0.388. The van der Waals surface area contributed by atoms with Crippen LogP contribution in [0.15, 0.2) is 18.2 Å². The minimum atomic E-state index is -0.388. The number of aliphatic hydroxyl groups excluding tert-OH is 1. The molecule has 0 heterocycles. The van der Waals surface area contributed by atoms with Crippen LogP contribution in [0.2, 0.25) is 5.02 Å². The minimum absolute atomic E-state index is 0.0224. The molecule has 2 nitrogen and oxygen atoms in total. The maximum Gasteiger partial charge on any atom is 0.142 e. The van der Waals surface area contributed by atoms with Crippen molar-refractivity contribution in [2.45, 2.75) is 26.8 Å².